The fourth-order valence-corrected chi connectivity index (χ4v) is 3.15. The van der Waals surface area contributed by atoms with Crippen molar-refractivity contribution in [3.63, 3.8) is 0 Å². The van der Waals surface area contributed by atoms with Crippen molar-refractivity contribution >= 4 is 5.91 Å². The molecule has 2 heterocycles. The molecular formula is C17H21N3O. The molecule has 1 aliphatic heterocycles. The molecule has 0 aliphatic carbocycles. The molecule has 3 rings (SSSR count). The first kappa shape index (κ1) is 13.9. The van der Waals surface area contributed by atoms with Crippen LogP contribution < -0.4 is 0 Å². The fraction of sp³-hybridized carbons (Fsp3) is 0.412. The maximum absolute atomic E-state index is 12.5. The number of aromatic amines is 1. The number of aromatic nitrogens is 2. The van der Waals surface area contributed by atoms with E-state index in [0.717, 1.165) is 37.2 Å². The maximum Gasteiger partial charge on any atom is 0.227 e. The number of likely N-dealkylation sites (tertiary alicyclic amines) is 1. The van der Waals surface area contributed by atoms with Gasteiger partial charge in [0.15, 0.2) is 0 Å². The molecule has 1 unspecified atom stereocenters. The predicted octanol–water partition coefficient (Wildman–Crippen LogP) is 2.53. The topological polar surface area (TPSA) is 49.0 Å². The molecule has 1 aliphatic rings. The van der Waals surface area contributed by atoms with Crippen LogP contribution in [0.15, 0.2) is 42.6 Å². The van der Waals surface area contributed by atoms with E-state index in [4.69, 9.17) is 0 Å². The summed E-state index contributed by atoms with van der Waals surface area (Å²) in [5.74, 6) is 0.214. The molecule has 4 heteroatoms. The number of nitrogens with one attached hydrogen (secondary N) is 1. The number of benzene rings is 1. The molecule has 21 heavy (non-hydrogen) atoms. The third-order valence-electron chi connectivity index (χ3n) is 4.40. The van der Waals surface area contributed by atoms with E-state index in [0.29, 0.717) is 6.42 Å². The fourth-order valence-electron chi connectivity index (χ4n) is 3.15. The molecule has 1 aromatic carbocycles. The van der Waals surface area contributed by atoms with E-state index in [1.54, 1.807) is 6.20 Å². The van der Waals surface area contributed by atoms with Gasteiger partial charge in [0.25, 0.3) is 0 Å². The highest BCUT2D eigenvalue weighted by atomic mass is 16.2. The van der Waals surface area contributed by atoms with E-state index in [2.05, 4.69) is 17.1 Å². The number of carbonyl (C=O) groups is 1. The summed E-state index contributed by atoms with van der Waals surface area (Å²) < 4.78 is 0. The van der Waals surface area contributed by atoms with Gasteiger partial charge >= 0.3 is 0 Å². The summed E-state index contributed by atoms with van der Waals surface area (Å²) in [4.78, 5) is 14.5. The van der Waals surface area contributed by atoms with Crippen LogP contribution in [0.4, 0.5) is 0 Å². The van der Waals surface area contributed by atoms with E-state index < -0.39 is 0 Å². The van der Waals surface area contributed by atoms with Gasteiger partial charge in [0.2, 0.25) is 5.91 Å². The molecule has 1 amide bonds. The van der Waals surface area contributed by atoms with Gasteiger partial charge in [0, 0.05) is 30.4 Å². The molecule has 0 radical (unpaired) electrons. The normalized spacial score (nSPS) is 22.2. The lowest BCUT2D eigenvalue weighted by Gasteiger charge is -2.40. The van der Waals surface area contributed by atoms with Crippen LogP contribution in [0.3, 0.4) is 0 Å². The minimum atomic E-state index is -0.0128. The average Bonchev–Trinajstić information content (AvgIpc) is 3.03. The highest BCUT2D eigenvalue weighted by Gasteiger charge is 2.35. The largest absolute Gasteiger partial charge is 0.341 e. The highest BCUT2D eigenvalue weighted by molar-refractivity contribution is 5.79. The molecule has 1 fully saturated rings. The molecule has 0 bridgehead atoms. The number of piperidine rings is 1. The summed E-state index contributed by atoms with van der Waals surface area (Å²) in [7, 11) is 0. The summed E-state index contributed by atoms with van der Waals surface area (Å²) in [5.41, 5.74) is 2.19. The molecule has 0 spiro atoms. The standard InChI is InChI=1S/C17H21N3O/c1-17(15-8-10-18-19-15)9-5-11-20(13-17)16(21)12-14-6-3-2-4-7-14/h2-4,6-8,10H,5,9,11-13H2,1H3,(H,18,19). The van der Waals surface area contributed by atoms with Crippen molar-refractivity contribution < 1.29 is 4.79 Å². The van der Waals surface area contributed by atoms with Gasteiger partial charge in [-0.05, 0) is 24.5 Å². The number of hydrogen-bond acceptors (Lipinski definition) is 2. The Labute approximate surface area is 125 Å². The van der Waals surface area contributed by atoms with Crippen LogP contribution in [0.1, 0.15) is 31.0 Å². The number of rotatable bonds is 3. The Balaban J connectivity index is 1.70. The second-order valence-electron chi connectivity index (χ2n) is 6.11. The van der Waals surface area contributed by atoms with Crippen LogP contribution in [0.5, 0.6) is 0 Å². The van der Waals surface area contributed by atoms with Crippen LogP contribution in [-0.2, 0) is 16.6 Å². The van der Waals surface area contributed by atoms with Gasteiger partial charge in [0.05, 0.1) is 6.42 Å². The Morgan fingerprint density at radius 3 is 2.86 bits per heavy atom. The van der Waals surface area contributed by atoms with Crippen LogP contribution in [0.2, 0.25) is 0 Å². The number of H-pyrrole nitrogens is 1. The van der Waals surface area contributed by atoms with Crippen LogP contribution in [0, 0.1) is 0 Å². The zero-order chi connectivity index (χ0) is 14.7. The molecule has 1 N–H and O–H groups in total. The highest BCUT2D eigenvalue weighted by Crippen LogP contribution is 2.32. The number of hydrogen-bond donors (Lipinski definition) is 1. The molecule has 1 aromatic heterocycles. The molecule has 4 nitrogen and oxygen atoms in total. The minimum Gasteiger partial charge on any atom is -0.341 e. The van der Waals surface area contributed by atoms with E-state index in [1.807, 2.05) is 41.3 Å². The van der Waals surface area contributed by atoms with E-state index >= 15 is 0 Å². The van der Waals surface area contributed by atoms with Crippen molar-refractivity contribution in [2.45, 2.75) is 31.6 Å². The van der Waals surface area contributed by atoms with Crippen molar-refractivity contribution in [1.82, 2.24) is 15.1 Å². The first-order valence-corrected chi connectivity index (χ1v) is 7.49. The summed E-state index contributed by atoms with van der Waals surface area (Å²) >= 11 is 0. The number of nitrogens with zero attached hydrogens (tertiary/aromatic N) is 2. The predicted molar refractivity (Wildman–Crippen MR) is 81.9 cm³/mol. The molecule has 2 aromatic rings. The molecule has 1 saturated heterocycles. The Kier molecular flexibility index (Phi) is 3.78. The summed E-state index contributed by atoms with van der Waals surface area (Å²) in [6.45, 7) is 3.83. The lowest BCUT2D eigenvalue weighted by molar-refractivity contribution is -0.132. The molecule has 0 saturated carbocycles. The van der Waals surface area contributed by atoms with Gasteiger partial charge in [-0.15, -0.1) is 0 Å². The molecular weight excluding hydrogens is 262 g/mol. The van der Waals surface area contributed by atoms with Gasteiger partial charge in [-0.1, -0.05) is 37.3 Å². The summed E-state index contributed by atoms with van der Waals surface area (Å²) in [6, 6.07) is 12.0. The van der Waals surface area contributed by atoms with E-state index in [-0.39, 0.29) is 11.3 Å². The van der Waals surface area contributed by atoms with E-state index in [1.165, 1.54) is 0 Å². The van der Waals surface area contributed by atoms with Crippen LogP contribution in [-0.4, -0.2) is 34.1 Å². The van der Waals surface area contributed by atoms with Gasteiger partial charge in [-0.25, -0.2) is 0 Å². The lowest BCUT2D eigenvalue weighted by Crippen LogP contribution is -2.47. The maximum atomic E-state index is 12.5. The molecule has 110 valence electrons. The van der Waals surface area contributed by atoms with Crippen molar-refractivity contribution in [3.05, 3.63) is 53.9 Å². The smallest absolute Gasteiger partial charge is 0.227 e. The third-order valence-corrected chi connectivity index (χ3v) is 4.40. The van der Waals surface area contributed by atoms with Gasteiger partial charge < -0.3 is 4.90 Å². The van der Waals surface area contributed by atoms with Crippen LogP contribution >= 0.6 is 0 Å². The third kappa shape index (κ3) is 2.99. The van der Waals surface area contributed by atoms with Gasteiger partial charge in [-0.2, -0.15) is 5.10 Å². The Morgan fingerprint density at radius 2 is 2.14 bits per heavy atom. The lowest BCUT2D eigenvalue weighted by atomic mass is 9.79. The van der Waals surface area contributed by atoms with Gasteiger partial charge in [0.1, 0.15) is 0 Å². The van der Waals surface area contributed by atoms with E-state index in [9.17, 15) is 4.79 Å². The van der Waals surface area contributed by atoms with Gasteiger partial charge in [-0.3, -0.25) is 9.89 Å². The van der Waals surface area contributed by atoms with Crippen LogP contribution in [0.25, 0.3) is 0 Å². The first-order valence-electron chi connectivity index (χ1n) is 7.49. The second-order valence-corrected chi connectivity index (χ2v) is 6.11. The quantitative estimate of drug-likeness (QED) is 0.941. The summed E-state index contributed by atoms with van der Waals surface area (Å²) in [5, 5.41) is 7.12. The van der Waals surface area contributed by atoms with Crippen molar-refractivity contribution in [1.29, 1.82) is 0 Å². The Morgan fingerprint density at radius 1 is 1.33 bits per heavy atom. The SMILES string of the molecule is CC1(c2ccn[nH]2)CCCN(C(=O)Cc2ccccc2)C1. The Hall–Kier alpha value is -2.10. The number of carbonyl (C=O) groups excluding carboxylic acids is 1. The van der Waals surface area contributed by atoms with Crippen molar-refractivity contribution in [2.75, 3.05) is 13.1 Å². The summed E-state index contributed by atoms with van der Waals surface area (Å²) in [6.07, 6.45) is 4.39. The first-order chi connectivity index (χ1) is 10.2. The zero-order valence-corrected chi connectivity index (χ0v) is 12.4. The number of amides is 1. The average molecular weight is 283 g/mol. The second kappa shape index (κ2) is 5.72. The molecule has 1 atom stereocenters. The monoisotopic (exact) mass is 283 g/mol. The zero-order valence-electron chi connectivity index (χ0n) is 12.4. The van der Waals surface area contributed by atoms with Crippen molar-refractivity contribution in [2.24, 2.45) is 0 Å². The van der Waals surface area contributed by atoms with Crippen molar-refractivity contribution in [3.8, 4) is 0 Å². The Bertz CT molecular complexity index is 594. The minimum absolute atomic E-state index is 0.0128.